The minimum absolute atomic E-state index is 0.150. The van der Waals surface area contributed by atoms with E-state index in [0.717, 1.165) is 12.0 Å². The highest BCUT2D eigenvalue weighted by Gasteiger charge is 2.27. The molecule has 0 spiro atoms. The average Bonchev–Trinajstić information content (AvgIpc) is 2.69. The first-order valence-corrected chi connectivity index (χ1v) is 12.8. The van der Waals surface area contributed by atoms with Crippen LogP contribution in [0.25, 0.3) is 0 Å². The zero-order valence-corrected chi connectivity index (χ0v) is 21.6. The predicted molar refractivity (Wildman–Crippen MR) is 136 cm³/mol. The van der Waals surface area contributed by atoms with Crippen LogP contribution in [0.15, 0.2) is 71.4 Å². The number of carbonyl (C=O) groups is 2. The first kappa shape index (κ1) is 29.3. The quantitative estimate of drug-likeness (QED) is 0.143. The highest BCUT2D eigenvalue weighted by molar-refractivity contribution is 7.85. The average molecular weight is 492 g/mol. The van der Waals surface area contributed by atoms with Gasteiger partial charge in [-0.2, -0.15) is 8.42 Å². The number of esters is 1. The van der Waals surface area contributed by atoms with Crippen LogP contribution in [-0.2, 0) is 24.4 Å². The Hall–Kier alpha value is -2.71. The molecular weight excluding hydrogens is 454 g/mol. The van der Waals surface area contributed by atoms with Gasteiger partial charge in [0.05, 0.1) is 0 Å². The molecule has 7 nitrogen and oxygen atoms in total. The predicted octanol–water partition coefficient (Wildman–Crippen LogP) is 4.62. The van der Waals surface area contributed by atoms with E-state index in [1.54, 1.807) is 19.1 Å². The smallest absolute Gasteiger partial charge is 0.330 e. The summed E-state index contributed by atoms with van der Waals surface area (Å²) in [4.78, 5) is 24.2. The molecule has 0 fully saturated rings. The Morgan fingerprint density at radius 1 is 1.24 bits per heavy atom. The third kappa shape index (κ3) is 10.9. The number of hydrogen-bond donors (Lipinski definition) is 2. The molecule has 1 atom stereocenters. The van der Waals surface area contributed by atoms with Gasteiger partial charge in [0.15, 0.2) is 0 Å². The largest absolute Gasteiger partial charge is 0.460 e. The third-order valence-electron chi connectivity index (χ3n) is 5.45. The van der Waals surface area contributed by atoms with Crippen molar-refractivity contribution >= 4 is 22.0 Å². The van der Waals surface area contributed by atoms with Crippen LogP contribution < -0.4 is 5.32 Å². The van der Waals surface area contributed by atoms with Crippen molar-refractivity contribution in [1.82, 2.24) is 5.32 Å². The molecule has 2 N–H and O–H groups in total. The van der Waals surface area contributed by atoms with Gasteiger partial charge in [0.25, 0.3) is 10.1 Å². The van der Waals surface area contributed by atoms with Crippen molar-refractivity contribution in [2.45, 2.75) is 59.9 Å². The minimum Gasteiger partial charge on any atom is -0.460 e. The molecule has 1 rings (SSSR count). The molecule has 0 saturated heterocycles. The fourth-order valence-electron chi connectivity index (χ4n) is 3.72. The van der Waals surface area contributed by atoms with Gasteiger partial charge in [-0.1, -0.05) is 68.0 Å². The van der Waals surface area contributed by atoms with Crippen LogP contribution in [0.3, 0.4) is 0 Å². The molecule has 188 valence electrons. The second kappa shape index (κ2) is 13.2. The Labute approximate surface area is 203 Å². The van der Waals surface area contributed by atoms with Crippen molar-refractivity contribution in [2.75, 3.05) is 12.4 Å². The van der Waals surface area contributed by atoms with Crippen LogP contribution >= 0.6 is 0 Å². The van der Waals surface area contributed by atoms with Crippen LogP contribution in [0.4, 0.5) is 0 Å². The first-order chi connectivity index (χ1) is 15.7. The number of hydrogen-bond acceptors (Lipinski definition) is 5. The summed E-state index contributed by atoms with van der Waals surface area (Å²) in [5, 5.41) is 2.25. The molecule has 0 aromatic carbocycles. The summed E-state index contributed by atoms with van der Waals surface area (Å²) in [6.07, 6.45) is 15.8. The van der Waals surface area contributed by atoms with E-state index in [0.29, 0.717) is 5.57 Å². The number of nitrogens with one attached hydrogen (secondary N) is 1. The summed E-state index contributed by atoms with van der Waals surface area (Å²) in [7, 11) is -4.51. The van der Waals surface area contributed by atoms with Crippen molar-refractivity contribution in [3.8, 4) is 0 Å². The molecule has 34 heavy (non-hydrogen) atoms. The summed E-state index contributed by atoms with van der Waals surface area (Å²) in [6.45, 7) is 13.7. The van der Waals surface area contributed by atoms with Gasteiger partial charge < -0.3 is 10.1 Å². The number of carbonyl (C=O) groups excluding carboxylic acids is 2. The van der Waals surface area contributed by atoms with Gasteiger partial charge >= 0.3 is 5.97 Å². The standard InChI is InChI=1S/C26H37NO6S/c1-7-16-33-25(29)23(18-34(30,31)32)27-24(28)17-20(3)11-8-10-19(2)13-14-22-21(4)12-9-15-26(22,5)6/h7-8,10-11,13-14,17,23H,1,9,12,15-16,18H2,2-6H3,(H,27,28)(H,30,31,32)/b11-8+,14-13+,19-10-,20-17+. The van der Waals surface area contributed by atoms with Crippen LogP contribution in [0.5, 0.6) is 0 Å². The van der Waals surface area contributed by atoms with E-state index in [2.05, 4.69) is 44.8 Å². The highest BCUT2D eigenvalue weighted by atomic mass is 32.2. The number of allylic oxidation sites excluding steroid dienone is 9. The van der Waals surface area contributed by atoms with E-state index in [1.165, 1.54) is 36.1 Å². The normalized spacial score (nSPS) is 18.3. The fourth-order valence-corrected chi connectivity index (χ4v) is 4.36. The van der Waals surface area contributed by atoms with Crippen LogP contribution in [0.2, 0.25) is 0 Å². The van der Waals surface area contributed by atoms with Crippen molar-refractivity contribution in [3.63, 3.8) is 0 Å². The van der Waals surface area contributed by atoms with Gasteiger partial charge in [-0.05, 0) is 56.6 Å². The summed E-state index contributed by atoms with van der Waals surface area (Å²) >= 11 is 0. The van der Waals surface area contributed by atoms with Gasteiger partial charge in [-0.25, -0.2) is 4.79 Å². The van der Waals surface area contributed by atoms with Crippen LogP contribution in [0.1, 0.15) is 53.9 Å². The fraction of sp³-hybridized carbons (Fsp3) is 0.462. The van der Waals surface area contributed by atoms with Gasteiger partial charge in [0.1, 0.15) is 18.4 Å². The Kier molecular flexibility index (Phi) is 11.4. The van der Waals surface area contributed by atoms with Crippen molar-refractivity contribution < 1.29 is 27.3 Å². The zero-order chi connectivity index (χ0) is 25.9. The number of rotatable bonds is 11. The van der Waals surface area contributed by atoms with Gasteiger partial charge in [-0.3, -0.25) is 9.35 Å². The van der Waals surface area contributed by atoms with E-state index in [-0.39, 0.29) is 12.0 Å². The molecule has 1 aliphatic carbocycles. The SMILES string of the molecule is C=CCOC(=O)C(CS(=O)(=O)O)NC(=O)/C=C(C)/C=C/C=C(C)\C=C\C1=C(C)CCCC1(C)C. The molecule has 0 aliphatic heterocycles. The first-order valence-electron chi connectivity index (χ1n) is 11.2. The van der Waals surface area contributed by atoms with Crippen molar-refractivity contribution in [3.05, 3.63) is 71.4 Å². The Morgan fingerprint density at radius 2 is 1.91 bits per heavy atom. The van der Waals surface area contributed by atoms with E-state index in [1.807, 2.05) is 13.0 Å². The van der Waals surface area contributed by atoms with Crippen LogP contribution in [-0.4, -0.2) is 43.2 Å². The third-order valence-corrected chi connectivity index (χ3v) is 6.21. The molecule has 0 aromatic heterocycles. The molecule has 8 heteroatoms. The van der Waals surface area contributed by atoms with Crippen LogP contribution in [0, 0.1) is 5.41 Å². The second-order valence-electron chi connectivity index (χ2n) is 9.15. The van der Waals surface area contributed by atoms with Crippen molar-refractivity contribution in [1.29, 1.82) is 0 Å². The molecular formula is C26H37NO6S. The van der Waals surface area contributed by atoms with E-state index >= 15 is 0 Å². The maximum Gasteiger partial charge on any atom is 0.330 e. The lowest BCUT2D eigenvalue weighted by molar-refractivity contribution is -0.145. The molecule has 0 aromatic rings. The summed E-state index contributed by atoms with van der Waals surface area (Å²) in [6, 6.07) is -1.54. The summed E-state index contributed by atoms with van der Waals surface area (Å²) in [5.74, 6) is -2.66. The lowest BCUT2D eigenvalue weighted by atomic mass is 9.72. The molecule has 0 bridgehead atoms. The van der Waals surface area contributed by atoms with E-state index in [9.17, 15) is 18.0 Å². The highest BCUT2D eigenvalue weighted by Crippen LogP contribution is 2.40. The summed E-state index contributed by atoms with van der Waals surface area (Å²) < 4.78 is 36.2. The molecule has 0 heterocycles. The number of amides is 1. The molecule has 1 amide bonds. The Morgan fingerprint density at radius 3 is 2.50 bits per heavy atom. The Bertz CT molecular complexity index is 1030. The lowest BCUT2D eigenvalue weighted by Gasteiger charge is -2.32. The maximum atomic E-state index is 12.2. The van der Waals surface area contributed by atoms with E-state index in [4.69, 9.17) is 9.29 Å². The molecule has 1 aliphatic rings. The molecule has 1 unspecified atom stereocenters. The Balaban J connectivity index is 2.82. The van der Waals surface area contributed by atoms with Gasteiger partial charge in [-0.15, -0.1) is 0 Å². The molecule has 0 radical (unpaired) electrons. The molecule has 0 saturated carbocycles. The monoisotopic (exact) mass is 491 g/mol. The summed E-state index contributed by atoms with van der Waals surface area (Å²) in [5.41, 5.74) is 4.62. The second-order valence-corrected chi connectivity index (χ2v) is 10.6. The van der Waals surface area contributed by atoms with Crippen molar-refractivity contribution in [2.24, 2.45) is 5.41 Å². The topological polar surface area (TPSA) is 110 Å². The minimum atomic E-state index is -4.51. The van der Waals surface area contributed by atoms with Gasteiger partial charge in [0.2, 0.25) is 5.91 Å². The van der Waals surface area contributed by atoms with Gasteiger partial charge in [0, 0.05) is 6.08 Å². The zero-order valence-electron chi connectivity index (χ0n) is 20.8. The lowest BCUT2D eigenvalue weighted by Crippen LogP contribution is -2.45. The maximum absolute atomic E-state index is 12.2. The van der Waals surface area contributed by atoms with E-state index < -0.39 is 33.8 Å². The number of ether oxygens (including phenoxy) is 1.